The summed E-state index contributed by atoms with van der Waals surface area (Å²) in [5.41, 5.74) is -0.432. The molecule has 1 amide bonds. The number of amides is 1. The molecule has 1 atom stereocenters. The normalized spacial score (nSPS) is 16.0. The summed E-state index contributed by atoms with van der Waals surface area (Å²) in [5.74, 6) is -4.68. The summed E-state index contributed by atoms with van der Waals surface area (Å²) in [6.07, 6.45) is 1.21. The van der Waals surface area contributed by atoms with Gasteiger partial charge in [0.05, 0.1) is 17.9 Å². The summed E-state index contributed by atoms with van der Waals surface area (Å²) in [6, 6.07) is 1.16. The quantitative estimate of drug-likeness (QED) is 0.536. The number of hydrogen-bond donors (Lipinski definition) is 2. The number of rotatable bonds is 3. The first-order valence-corrected chi connectivity index (χ1v) is 8.46. The smallest absolute Gasteiger partial charge is 0.265 e. The first-order valence-electron chi connectivity index (χ1n) is 7.47. The van der Waals surface area contributed by atoms with Crippen molar-refractivity contribution in [2.24, 2.45) is 0 Å². The van der Waals surface area contributed by atoms with E-state index < -0.39 is 35.1 Å². The Morgan fingerprint density at radius 2 is 2.15 bits per heavy atom. The third-order valence-corrected chi connectivity index (χ3v) is 5.08. The first-order chi connectivity index (χ1) is 12.5. The lowest BCUT2D eigenvalue weighted by Gasteiger charge is -2.13. The van der Waals surface area contributed by atoms with Gasteiger partial charge in [-0.1, -0.05) is 11.8 Å². The summed E-state index contributed by atoms with van der Waals surface area (Å²) < 4.78 is 41.3. The largest absolute Gasteiger partial charge is 0.323 e. The zero-order valence-electron chi connectivity index (χ0n) is 12.9. The van der Waals surface area contributed by atoms with Crippen LogP contribution in [-0.4, -0.2) is 31.4 Å². The molecule has 26 heavy (non-hydrogen) atoms. The molecule has 0 bridgehead atoms. The molecule has 11 heteroatoms. The highest BCUT2D eigenvalue weighted by atomic mass is 32.2. The summed E-state index contributed by atoms with van der Waals surface area (Å²) in [4.78, 5) is 29.0. The maximum atomic E-state index is 13.7. The van der Waals surface area contributed by atoms with Gasteiger partial charge in [-0.2, -0.15) is 5.10 Å². The molecule has 0 aliphatic carbocycles. The van der Waals surface area contributed by atoms with E-state index >= 15 is 0 Å². The maximum Gasteiger partial charge on any atom is 0.265 e. The van der Waals surface area contributed by atoms with E-state index in [9.17, 15) is 22.8 Å². The molecule has 0 spiro atoms. The highest BCUT2D eigenvalue weighted by molar-refractivity contribution is 7.99. The van der Waals surface area contributed by atoms with Gasteiger partial charge in [-0.3, -0.25) is 19.3 Å². The van der Waals surface area contributed by atoms with Crippen molar-refractivity contribution in [2.75, 3.05) is 11.1 Å². The van der Waals surface area contributed by atoms with Crippen LogP contribution < -0.4 is 10.9 Å². The Morgan fingerprint density at radius 1 is 1.35 bits per heavy atom. The number of H-pyrrole nitrogens is 1. The van der Waals surface area contributed by atoms with Gasteiger partial charge in [-0.25, -0.2) is 18.2 Å². The van der Waals surface area contributed by atoms with Gasteiger partial charge in [0, 0.05) is 12.2 Å². The molecular weight excluding hydrogens is 371 g/mol. The molecule has 2 N–H and O–H groups in total. The van der Waals surface area contributed by atoms with E-state index in [1.165, 1.54) is 22.5 Å². The van der Waals surface area contributed by atoms with Gasteiger partial charge in [-0.15, -0.1) is 0 Å². The van der Waals surface area contributed by atoms with Crippen LogP contribution in [0, 0.1) is 17.5 Å². The SMILES string of the molecule is O=C(CC1CSc2nc3[nH]ncc3c(=O)n21)Nc1ccc(F)c(F)c1F. The van der Waals surface area contributed by atoms with Crippen LogP contribution in [-0.2, 0) is 4.79 Å². The monoisotopic (exact) mass is 381 g/mol. The average Bonchev–Trinajstić information content (AvgIpc) is 3.23. The van der Waals surface area contributed by atoms with Crippen molar-refractivity contribution in [3.63, 3.8) is 0 Å². The Morgan fingerprint density at radius 3 is 2.96 bits per heavy atom. The predicted octanol–water partition coefficient (Wildman–Crippen LogP) is 2.21. The van der Waals surface area contributed by atoms with Crippen LogP contribution in [0.2, 0.25) is 0 Å². The van der Waals surface area contributed by atoms with Crippen LogP contribution in [0.1, 0.15) is 12.5 Å². The number of nitrogens with one attached hydrogen (secondary N) is 2. The number of anilines is 1. The van der Waals surface area contributed by atoms with Crippen LogP contribution in [0.4, 0.5) is 18.9 Å². The van der Waals surface area contributed by atoms with Crippen molar-refractivity contribution in [3.05, 3.63) is 46.1 Å². The second-order valence-corrected chi connectivity index (χ2v) is 6.63. The second-order valence-electron chi connectivity index (χ2n) is 5.64. The van der Waals surface area contributed by atoms with Crippen molar-refractivity contribution in [2.45, 2.75) is 17.6 Å². The Labute approximate surface area is 147 Å². The van der Waals surface area contributed by atoms with Gasteiger partial charge < -0.3 is 5.32 Å². The number of halogens is 3. The number of aromatic amines is 1. The maximum absolute atomic E-state index is 13.7. The fraction of sp³-hybridized carbons (Fsp3) is 0.200. The molecule has 7 nitrogen and oxygen atoms in total. The van der Waals surface area contributed by atoms with Crippen molar-refractivity contribution in [1.82, 2.24) is 19.7 Å². The molecule has 134 valence electrons. The van der Waals surface area contributed by atoms with Crippen LogP contribution in [0.15, 0.2) is 28.3 Å². The lowest BCUT2D eigenvalue weighted by atomic mass is 10.2. The second kappa shape index (κ2) is 6.16. The van der Waals surface area contributed by atoms with Crippen LogP contribution in [0.5, 0.6) is 0 Å². The van der Waals surface area contributed by atoms with Gasteiger partial charge in [0.2, 0.25) is 5.91 Å². The van der Waals surface area contributed by atoms with Crippen molar-refractivity contribution < 1.29 is 18.0 Å². The van der Waals surface area contributed by atoms with E-state index in [0.29, 0.717) is 21.9 Å². The molecule has 0 saturated carbocycles. The van der Waals surface area contributed by atoms with E-state index in [4.69, 9.17) is 0 Å². The number of hydrogen-bond acceptors (Lipinski definition) is 5. The lowest BCUT2D eigenvalue weighted by molar-refractivity contribution is -0.116. The van der Waals surface area contributed by atoms with E-state index in [-0.39, 0.29) is 12.0 Å². The zero-order chi connectivity index (χ0) is 18.4. The number of carbonyl (C=O) groups excluding carboxylic acids is 1. The molecule has 0 radical (unpaired) electrons. The van der Waals surface area contributed by atoms with Crippen LogP contribution in [0.3, 0.4) is 0 Å². The van der Waals surface area contributed by atoms with E-state index in [1.807, 2.05) is 0 Å². The number of aromatic nitrogens is 4. The summed E-state index contributed by atoms with van der Waals surface area (Å²) in [5, 5.41) is 9.34. The molecule has 3 heterocycles. The number of nitrogens with zero attached hydrogens (tertiary/aromatic N) is 3. The van der Waals surface area contributed by atoms with Gasteiger partial charge in [0.1, 0.15) is 5.39 Å². The first kappa shape index (κ1) is 16.6. The minimum absolute atomic E-state index is 0.149. The lowest BCUT2D eigenvalue weighted by Crippen LogP contribution is -2.27. The molecule has 1 unspecified atom stereocenters. The summed E-state index contributed by atoms with van der Waals surface area (Å²) >= 11 is 1.30. The Balaban J connectivity index is 1.57. The van der Waals surface area contributed by atoms with Gasteiger partial charge in [0.15, 0.2) is 28.3 Å². The highest BCUT2D eigenvalue weighted by Gasteiger charge is 2.29. The van der Waals surface area contributed by atoms with Crippen molar-refractivity contribution in [1.29, 1.82) is 0 Å². The molecule has 1 aromatic carbocycles. The van der Waals surface area contributed by atoms with Crippen molar-refractivity contribution >= 4 is 34.4 Å². The number of fused-ring (bicyclic) bond motifs is 2. The third-order valence-electron chi connectivity index (χ3n) is 3.98. The molecule has 3 aromatic rings. The minimum Gasteiger partial charge on any atom is -0.323 e. The fourth-order valence-electron chi connectivity index (χ4n) is 2.74. The average molecular weight is 381 g/mol. The van der Waals surface area contributed by atoms with Gasteiger partial charge in [0.25, 0.3) is 5.56 Å². The molecule has 1 aliphatic heterocycles. The molecule has 0 saturated heterocycles. The third kappa shape index (κ3) is 2.64. The van der Waals surface area contributed by atoms with Crippen molar-refractivity contribution in [3.8, 4) is 0 Å². The minimum atomic E-state index is -1.66. The van der Waals surface area contributed by atoms with Gasteiger partial charge >= 0.3 is 0 Å². The Hall–Kier alpha value is -2.82. The number of benzene rings is 1. The topological polar surface area (TPSA) is 92.7 Å². The molecule has 0 fully saturated rings. The highest BCUT2D eigenvalue weighted by Crippen LogP contribution is 2.33. The molecular formula is C15H10F3N5O2S. The van der Waals surface area contributed by atoms with E-state index in [1.54, 1.807) is 0 Å². The van der Waals surface area contributed by atoms with Gasteiger partial charge in [-0.05, 0) is 12.1 Å². The van der Waals surface area contributed by atoms with E-state index in [0.717, 1.165) is 12.1 Å². The zero-order valence-corrected chi connectivity index (χ0v) is 13.7. The number of carbonyl (C=O) groups is 1. The predicted molar refractivity (Wildman–Crippen MR) is 87.5 cm³/mol. The summed E-state index contributed by atoms with van der Waals surface area (Å²) in [6.45, 7) is 0. The molecule has 4 rings (SSSR count). The molecule has 2 aromatic heterocycles. The summed E-state index contributed by atoms with van der Waals surface area (Å²) in [7, 11) is 0. The fourth-order valence-corrected chi connectivity index (χ4v) is 3.88. The molecule has 1 aliphatic rings. The number of thioether (sulfide) groups is 1. The van der Waals surface area contributed by atoms with Crippen LogP contribution in [0.25, 0.3) is 11.0 Å². The standard InChI is InChI=1S/C15H10F3N5O2S/c16-8-1-2-9(12(18)11(8)17)20-10(24)3-6-5-26-15-21-13-7(4-19-22-13)14(25)23(6)15/h1-2,4,6H,3,5H2,(H,19,22)(H,20,24). The Kier molecular flexibility index (Phi) is 3.94. The van der Waals surface area contributed by atoms with E-state index in [2.05, 4.69) is 20.5 Å². The Bertz CT molecular complexity index is 1100. The van der Waals surface area contributed by atoms with Crippen LogP contribution >= 0.6 is 11.8 Å².